The summed E-state index contributed by atoms with van der Waals surface area (Å²) in [6.07, 6.45) is 1.79. The van der Waals surface area contributed by atoms with E-state index >= 15 is 0 Å². The van der Waals surface area contributed by atoms with E-state index in [1.54, 1.807) is 0 Å². The molecule has 0 unspecified atom stereocenters. The molecule has 1 fully saturated rings. The lowest BCUT2D eigenvalue weighted by atomic mass is 10.3. The van der Waals surface area contributed by atoms with E-state index in [9.17, 15) is 0 Å². The maximum atomic E-state index is 6.49. The van der Waals surface area contributed by atoms with E-state index in [2.05, 4.69) is 52.4 Å². The molecule has 0 aliphatic carbocycles. The fourth-order valence-corrected chi connectivity index (χ4v) is 14.0. The predicted molar refractivity (Wildman–Crippen MR) is 103 cm³/mol. The Bertz CT molecular complexity index is 290. The van der Waals surface area contributed by atoms with Crippen LogP contribution in [0.15, 0.2) is 0 Å². The van der Waals surface area contributed by atoms with Crippen LogP contribution in [0.25, 0.3) is 0 Å². The molecule has 0 aromatic heterocycles. The summed E-state index contributed by atoms with van der Waals surface area (Å²) in [4.78, 5) is 0. The summed E-state index contributed by atoms with van der Waals surface area (Å²) >= 11 is 0. The van der Waals surface area contributed by atoms with Gasteiger partial charge in [-0.15, -0.1) is 0 Å². The van der Waals surface area contributed by atoms with Gasteiger partial charge in [-0.1, -0.05) is 0 Å². The Morgan fingerprint density at radius 3 is 1.59 bits per heavy atom. The second-order valence-electron chi connectivity index (χ2n) is 6.99. The average molecular weight is 399 g/mol. The van der Waals surface area contributed by atoms with Gasteiger partial charge in [-0.2, -0.15) is 0 Å². The smallest absolute Gasteiger partial charge is 0.419 e. The van der Waals surface area contributed by atoms with Crippen molar-refractivity contribution in [3.05, 3.63) is 0 Å². The van der Waals surface area contributed by atoms with Crippen LogP contribution in [0.2, 0.25) is 58.4 Å². The van der Waals surface area contributed by atoms with Gasteiger partial charge in [0.05, 0.1) is 0 Å². The zero-order chi connectivity index (χ0) is 17.0. The second kappa shape index (κ2) is 8.83. The van der Waals surface area contributed by atoms with Crippen LogP contribution in [0, 0.1) is 0 Å². The van der Waals surface area contributed by atoms with Gasteiger partial charge in [-0.3, -0.25) is 0 Å². The van der Waals surface area contributed by atoms with Gasteiger partial charge in [-0.05, 0) is 58.8 Å². The Balaban J connectivity index is 3.03. The van der Waals surface area contributed by atoms with Gasteiger partial charge in [0.25, 0.3) is 5.97 Å². The highest BCUT2D eigenvalue weighted by molar-refractivity contribution is 6.76. The summed E-state index contributed by atoms with van der Waals surface area (Å²) in [6, 6.07) is 0.900. The quantitative estimate of drug-likeness (QED) is 0.464. The van der Waals surface area contributed by atoms with Crippen LogP contribution in [0.5, 0.6) is 0 Å². The molecule has 0 aromatic carbocycles. The molecule has 0 amide bonds. The van der Waals surface area contributed by atoms with Gasteiger partial charge < -0.3 is 21.5 Å². The molecule has 0 bridgehead atoms. The topological polar surface area (TPSA) is 46.2 Å². The Kier molecular flexibility index (Phi) is 8.40. The van der Waals surface area contributed by atoms with Gasteiger partial charge in [-0.25, -0.2) is 0 Å². The predicted octanol–water partition coefficient (Wildman–Crippen LogP) is 2.39. The summed E-state index contributed by atoms with van der Waals surface area (Å²) in [6.45, 7) is 17.3. The molecule has 1 rings (SSSR count). The van der Waals surface area contributed by atoms with Crippen LogP contribution >= 0.6 is 0 Å². The molecule has 1 aliphatic rings. The summed E-state index contributed by atoms with van der Waals surface area (Å²) in [5, 5.41) is 0. The largest absolute Gasteiger partial charge is 0.483 e. The molecule has 5 nitrogen and oxygen atoms in total. The van der Waals surface area contributed by atoms with E-state index in [0.717, 1.165) is 18.9 Å². The zero-order valence-corrected chi connectivity index (χ0v) is 21.1. The van der Waals surface area contributed by atoms with Crippen molar-refractivity contribution in [2.45, 2.75) is 77.2 Å². The van der Waals surface area contributed by atoms with Gasteiger partial charge in [0.15, 0.2) is 36.2 Å². The molecule has 10 heteroatoms. The van der Waals surface area contributed by atoms with E-state index in [-0.39, 0.29) is 0 Å². The highest BCUT2D eigenvalue weighted by Crippen LogP contribution is 2.38. The lowest BCUT2D eigenvalue weighted by Gasteiger charge is -2.47. The Labute approximate surface area is 143 Å². The molecule has 0 atom stereocenters. The first-order chi connectivity index (χ1) is 10.1. The highest BCUT2D eigenvalue weighted by atomic mass is 28.5. The molecule has 0 N–H and O–H groups in total. The third-order valence-electron chi connectivity index (χ3n) is 2.94. The molecule has 0 saturated carbocycles. The summed E-state index contributed by atoms with van der Waals surface area (Å²) < 4.78 is 31.7. The molecule has 22 heavy (non-hydrogen) atoms. The van der Waals surface area contributed by atoms with E-state index in [0.29, 0.717) is 0 Å². The first kappa shape index (κ1) is 20.9. The van der Waals surface area contributed by atoms with Crippen LogP contribution in [0.1, 0.15) is 12.8 Å². The minimum atomic E-state index is -2.66. The standard InChI is InChI=1S/C12H34O5Si5/c1-18(2)13-12(14-19(3)4)10-9-11-22(15-12,16-20(5)6)17-21(7)8/h18-21H,9-11H2,1-8H3. The van der Waals surface area contributed by atoms with Crippen molar-refractivity contribution in [3.63, 3.8) is 0 Å². The van der Waals surface area contributed by atoms with E-state index in [1.165, 1.54) is 0 Å². The normalized spacial score (nSPS) is 21.3. The maximum absolute atomic E-state index is 6.49. The average Bonchev–Trinajstić information content (AvgIpc) is 2.22. The first-order valence-corrected chi connectivity index (χ1v) is 21.5. The molecule has 0 aromatic rings. The third-order valence-corrected chi connectivity index (χ3v) is 12.8. The van der Waals surface area contributed by atoms with Gasteiger partial charge in [0.2, 0.25) is 0 Å². The summed E-state index contributed by atoms with van der Waals surface area (Å²) in [5.41, 5.74) is 0. The summed E-state index contributed by atoms with van der Waals surface area (Å²) in [7, 11) is -7.75. The first-order valence-electron chi connectivity index (χ1n) is 8.49. The molecule has 1 saturated heterocycles. The lowest BCUT2D eigenvalue weighted by molar-refractivity contribution is -0.287. The number of hydrogen-bond acceptors (Lipinski definition) is 5. The Hall–Kier alpha value is 0.884. The van der Waals surface area contributed by atoms with Gasteiger partial charge in [0.1, 0.15) is 0 Å². The molecule has 0 radical (unpaired) electrons. The fourth-order valence-electron chi connectivity index (χ4n) is 2.68. The monoisotopic (exact) mass is 398 g/mol. The molecular formula is C12H34O5Si5. The third kappa shape index (κ3) is 6.79. The molecule has 1 aliphatic heterocycles. The van der Waals surface area contributed by atoms with Crippen LogP contribution in [-0.4, -0.2) is 50.9 Å². The van der Waals surface area contributed by atoms with E-state index < -0.39 is 50.9 Å². The lowest BCUT2D eigenvalue weighted by Crippen LogP contribution is -2.62. The second-order valence-corrected chi connectivity index (χ2v) is 19.8. The minimum absolute atomic E-state index is 0.796. The highest BCUT2D eigenvalue weighted by Gasteiger charge is 2.54. The van der Waals surface area contributed by atoms with Crippen LogP contribution in [-0.2, 0) is 21.5 Å². The van der Waals surface area contributed by atoms with Crippen molar-refractivity contribution in [1.29, 1.82) is 0 Å². The minimum Gasteiger partial charge on any atom is -0.419 e. The maximum Gasteiger partial charge on any atom is 0.483 e. The van der Waals surface area contributed by atoms with Crippen molar-refractivity contribution in [2.24, 2.45) is 0 Å². The molecule has 0 spiro atoms. The Morgan fingerprint density at radius 1 is 0.773 bits per heavy atom. The fraction of sp³-hybridized carbons (Fsp3) is 1.00. The van der Waals surface area contributed by atoms with Gasteiger partial charge in [0, 0.05) is 12.5 Å². The van der Waals surface area contributed by atoms with Crippen molar-refractivity contribution < 1.29 is 21.5 Å². The van der Waals surface area contributed by atoms with Crippen LogP contribution in [0.4, 0.5) is 0 Å². The van der Waals surface area contributed by atoms with E-state index in [4.69, 9.17) is 21.5 Å². The van der Waals surface area contributed by atoms with Crippen LogP contribution < -0.4 is 0 Å². The number of rotatable bonds is 8. The van der Waals surface area contributed by atoms with Crippen molar-refractivity contribution in [2.75, 3.05) is 0 Å². The van der Waals surface area contributed by atoms with Crippen molar-refractivity contribution in [1.82, 2.24) is 0 Å². The zero-order valence-electron chi connectivity index (χ0n) is 15.5. The molecule has 1 heterocycles. The van der Waals surface area contributed by atoms with Gasteiger partial charge >= 0.3 is 8.80 Å². The van der Waals surface area contributed by atoms with Crippen molar-refractivity contribution in [3.8, 4) is 0 Å². The Morgan fingerprint density at radius 2 is 1.23 bits per heavy atom. The van der Waals surface area contributed by atoms with E-state index in [1.807, 2.05) is 0 Å². The molecule has 132 valence electrons. The van der Waals surface area contributed by atoms with Crippen LogP contribution in [0.3, 0.4) is 0 Å². The number of hydrogen-bond donors (Lipinski definition) is 0. The van der Waals surface area contributed by atoms with Crippen molar-refractivity contribution >= 4 is 45.0 Å². The summed E-state index contributed by atoms with van der Waals surface area (Å²) in [5.74, 6) is -0.891. The molecular weight excluding hydrogens is 365 g/mol. The SMILES string of the molecule is C[SiH](C)OC1(O[SiH](C)C)CCC[Si](O[SiH](C)C)(O[SiH](C)C)O1.